The molecule has 3 N–H and O–H groups in total. The fourth-order valence-corrected chi connectivity index (χ4v) is 1.80. The first kappa shape index (κ1) is 11.8. The van der Waals surface area contributed by atoms with Gasteiger partial charge in [-0.3, -0.25) is 4.79 Å². The van der Waals surface area contributed by atoms with Gasteiger partial charge in [-0.15, -0.1) is 0 Å². The lowest BCUT2D eigenvalue weighted by Gasteiger charge is -2.24. The summed E-state index contributed by atoms with van der Waals surface area (Å²) in [6, 6.07) is 0. The Morgan fingerprint density at radius 2 is 2.13 bits per heavy atom. The van der Waals surface area contributed by atoms with Gasteiger partial charge in [-0.2, -0.15) is 0 Å². The van der Waals surface area contributed by atoms with Gasteiger partial charge in [-0.1, -0.05) is 19.0 Å². The number of amidine groups is 1. The van der Waals surface area contributed by atoms with Crippen molar-refractivity contribution in [3.8, 4) is 0 Å². The minimum absolute atomic E-state index is 0.0356. The minimum atomic E-state index is -0.710. The number of hydrogen-bond donors (Lipinski definition) is 2. The number of hydrogen-bond acceptors (Lipinski definition) is 3. The summed E-state index contributed by atoms with van der Waals surface area (Å²) in [6.07, 6.45) is 1.37. The molecule has 5 heteroatoms. The highest BCUT2D eigenvalue weighted by molar-refractivity contribution is 6.09. The zero-order valence-corrected chi connectivity index (χ0v) is 9.53. The number of rotatable bonds is 4. The monoisotopic (exact) mass is 213 g/mol. The molecule has 1 amide bonds. The molecule has 0 spiro atoms. The van der Waals surface area contributed by atoms with Crippen LogP contribution >= 0.6 is 0 Å². The van der Waals surface area contributed by atoms with Gasteiger partial charge in [0, 0.05) is 13.6 Å². The van der Waals surface area contributed by atoms with Gasteiger partial charge in [0.15, 0.2) is 5.84 Å². The summed E-state index contributed by atoms with van der Waals surface area (Å²) in [6.45, 7) is 4.79. The summed E-state index contributed by atoms with van der Waals surface area (Å²) >= 11 is 0. The average molecular weight is 213 g/mol. The van der Waals surface area contributed by atoms with Crippen LogP contribution in [0.25, 0.3) is 0 Å². The Balaban J connectivity index is 2.68. The number of nitrogens with two attached hydrogens (primary N) is 1. The van der Waals surface area contributed by atoms with Crippen LogP contribution in [-0.4, -0.2) is 35.4 Å². The van der Waals surface area contributed by atoms with Crippen molar-refractivity contribution in [3.63, 3.8) is 0 Å². The summed E-state index contributed by atoms with van der Waals surface area (Å²) in [5, 5.41) is 11.6. The quantitative estimate of drug-likeness (QED) is 0.311. The van der Waals surface area contributed by atoms with Crippen molar-refractivity contribution in [2.45, 2.75) is 26.7 Å². The van der Waals surface area contributed by atoms with E-state index >= 15 is 0 Å². The van der Waals surface area contributed by atoms with Crippen LogP contribution in [0.1, 0.15) is 26.7 Å². The second-order valence-electron chi connectivity index (χ2n) is 4.65. The van der Waals surface area contributed by atoms with Crippen LogP contribution in [0.5, 0.6) is 0 Å². The van der Waals surface area contributed by atoms with E-state index in [-0.39, 0.29) is 11.7 Å². The predicted octanol–water partition coefficient (Wildman–Crippen LogP) is 0.627. The molecule has 0 aromatic rings. The second kappa shape index (κ2) is 4.08. The standard InChI is InChI=1S/C10H19N3O2/c1-7(2)6-13(3)9(14)10(4-5-10)8(11)12-15/h7,15H,4-6H2,1-3H3,(H2,11,12). The van der Waals surface area contributed by atoms with Gasteiger partial charge >= 0.3 is 0 Å². The first-order valence-corrected chi connectivity index (χ1v) is 5.17. The highest BCUT2D eigenvalue weighted by Gasteiger charge is 2.55. The van der Waals surface area contributed by atoms with Gasteiger partial charge in [0.05, 0.1) is 0 Å². The van der Waals surface area contributed by atoms with E-state index in [4.69, 9.17) is 10.9 Å². The maximum atomic E-state index is 12.0. The average Bonchev–Trinajstić information content (AvgIpc) is 2.95. The molecule has 0 saturated heterocycles. The SMILES string of the molecule is CC(C)CN(C)C(=O)C1(C(N)=NO)CC1. The van der Waals surface area contributed by atoms with Crippen molar-refractivity contribution in [2.24, 2.45) is 22.2 Å². The maximum Gasteiger partial charge on any atom is 0.236 e. The number of amides is 1. The molecule has 15 heavy (non-hydrogen) atoms. The van der Waals surface area contributed by atoms with E-state index in [1.807, 2.05) is 13.8 Å². The number of carbonyl (C=O) groups is 1. The molecule has 1 aliphatic rings. The number of nitrogens with zero attached hydrogens (tertiary/aromatic N) is 2. The Morgan fingerprint density at radius 1 is 1.60 bits per heavy atom. The Hall–Kier alpha value is -1.26. The first-order valence-electron chi connectivity index (χ1n) is 5.17. The molecule has 5 nitrogen and oxygen atoms in total. The lowest BCUT2D eigenvalue weighted by Crippen LogP contribution is -2.43. The van der Waals surface area contributed by atoms with Crippen LogP contribution < -0.4 is 5.73 Å². The summed E-state index contributed by atoms with van der Waals surface area (Å²) in [7, 11) is 1.76. The van der Waals surface area contributed by atoms with Gasteiger partial charge < -0.3 is 15.8 Å². The molecule has 0 atom stereocenters. The molecule has 0 bridgehead atoms. The lowest BCUT2D eigenvalue weighted by molar-refractivity contribution is -0.133. The van der Waals surface area contributed by atoms with Gasteiger partial charge in [0.1, 0.15) is 5.41 Å². The Morgan fingerprint density at radius 3 is 2.47 bits per heavy atom. The second-order valence-corrected chi connectivity index (χ2v) is 4.65. The molecular formula is C10H19N3O2. The summed E-state index contributed by atoms with van der Waals surface area (Å²) in [5.41, 5.74) is 4.83. The molecule has 1 saturated carbocycles. The lowest BCUT2D eigenvalue weighted by atomic mass is 10.0. The molecule has 0 heterocycles. The van der Waals surface area contributed by atoms with Crippen molar-refractivity contribution >= 4 is 11.7 Å². The fraction of sp³-hybridized carbons (Fsp3) is 0.800. The highest BCUT2D eigenvalue weighted by Crippen LogP contribution is 2.47. The van der Waals surface area contributed by atoms with Crippen LogP contribution in [0.3, 0.4) is 0 Å². The largest absolute Gasteiger partial charge is 0.409 e. The molecule has 1 fully saturated rings. The van der Waals surface area contributed by atoms with Crippen LogP contribution in [0.2, 0.25) is 0 Å². The van der Waals surface area contributed by atoms with Gasteiger partial charge in [-0.25, -0.2) is 0 Å². The van der Waals surface area contributed by atoms with Crippen LogP contribution in [0, 0.1) is 11.3 Å². The molecule has 0 aromatic carbocycles. The van der Waals surface area contributed by atoms with Crippen molar-refractivity contribution in [3.05, 3.63) is 0 Å². The fourth-order valence-electron chi connectivity index (χ4n) is 1.80. The van der Waals surface area contributed by atoms with Crippen LogP contribution in [-0.2, 0) is 4.79 Å². The Bertz CT molecular complexity index is 282. The van der Waals surface area contributed by atoms with Gasteiger partial charge in [0.25, 0.3) is 0 Å². The van der Waals surface area contributed by atoms with Gasteiger partial charge in [0.2, 0.25) is 5.91 Å². The smallest absolute Gasteiger partial charge is 0.236 e. The molecule has 1 rings (SSSR count). The van der Waals surface area contributed by atoms with Crippen molar-refractivity contribution in [1.82, 2.24) is 4.90 Å². The highest BCUT2D eigenvalue weighted by atomic mass is 16.4. The number of oxime groups is 1. The van der Waals surface area contributed by atoms with E-state index in [1.165, 1.54) is 0 Å². The molecule has 1 aliphatic carbocycles. The third kappa shape index (κ3) is 2.22. The van der Waals surface area contributed by atoms with E-state index in [9.17, 15) is 4.79 Å². The summed E-state index contributed by atoms with van der Waals surface area (Å²) in [5.74, 6) is 0.427. The molecule has 86 valence electrons. The van der Waals surface area contributed by atoms with E-state index < -0.39 is 5.41 Å². The van der Waals surface area contributed by atoms with Crippen molar-refractivity contribution < 1.29 is 10.0 Å². The summed E-state index contributed by atoms with van der Waals surface area (Å²) in [4.78, 5) is 13.7. The normalized spacial score (nSPS) is 19.1. The van der Waals surface area contributed by atoms with Crippen molar-refractivity contribution in [1.29, 1.82) is 0 Å². The number of carbonyl (C=O) groups excluding carboxylic acids is 1. The van der Waals surface area contributed by atoms with Crippen molar-refractivity contribution in [2.75, 3.05) is 13.6 Å². The third-order valence-corrected chi connectivity index (χ3v) is 2.74. The van der Waals surface area contributed by atoms with Crippen LogP contribution in [0.4, 0.5) is 0 Å². The van der Waals surface area contributed by atoms with Crippen LogP contribution in [0.15, 0.2) is 5.16 Å². The predicted molar refractivity (Wildman–Crippen MR) is 57.6 cm³/mol. The Kier molecular flexibility index (Phi) is 3.21. The topological polar surface area (TPSA) is 78.9 Å². The molecule has 0 radical (unpaired) electrons. The van der Waals surface area contributed by atoms with E-state index in [2.05, 4.69) is 5.16 Å². The Labute approximate surface area is 89.9 Å². The summed E-state index contributed by atoms with van der Waals surface area (Å²) < 4.78 is 0. The van der Waals surface area contributed by atoms with Gasteiger partial charge in [-0.05, 0) is 18.8 Å². The zero-order valence-electron chi connectivity index (χ0n) is 9.53. The molecular weight excluding hydrogens is 194 g/mol. The van der Waals surface area contributed by atoms with E-state index in [0.717, 1.165) is 0 Å². The van der Waals surface area contributed by atoms with E-state index in [0.29, 0.717) is 25.3 Å². The molecule has 0 aliphatic heterocycles. The van der Waals surface area contributed by atoms with E-state index in [1.54, 1.807) is 11.9 Å². The minimum Gasteiger partial charge on any atom is -0.409 e. The zero-order chi connectivity index (χ0) is 11.6. The first-order chi connectivity index (χ1) is 6.94. The molecule has 0 unspecified atom stereocenters. The third-order valence-electron chi connectivity index (χ3n) is 2.74. The molecule has 0 aromatic heterocycles. The maximum absolute atomic E-state index is 12.0.